The summed E-state index contributed by atoms with van der Waals surface area (Å²) in [4.78, 5) is 18.7. The van der Waals surface area contributed by atoms with E-state index < -0.39 is 5.91 Å². The average molecular weight is 231 g/mol. The van der Waals surface area contributed by atoms with Gasteiger partial charge in [-0.05, 0) is 12.1 Å². The Morgan fingerprint density at radius 2 is 2.06 bits per heavy atom. The van der Waals surface area contributed by atoms with Gasteiger partial charge in [0, 0.05) is 18.5 Å². The molecular formula is C11H9N3O3. The van der Waals surface area contributed by atoms with Crippen LogP contribution in [0.3, 0.4) is 0 Å². The molecule has 0 bridgehead atoms. The van der Waals surface area contributed by atoms with Gasteiger partial charge in [0.15, 0.2) is 5.69 Å². The standard InChI is InChI=1S/C11H9N3O3/c12-10(16)9-11(14-5-4-13-9)17-8-3-1-2-7(15)6-8/h1-6,15H,(H2,12,16). The van der Waals surface area contributed by atoms with Crippen LogP contribution in [0.25, 0.3) is 0 Å². The maximum Gasteiger partial charge on any atom is 0.272 e. The predicted molar refractivity (Wildman–Crippen MR) is 58.7 cm³/mol. The number of rotatable bonds is 3. The van der Waals surface area contributed by atoms with Crippen molar-refractivity contribution in [2.24, 2.45) is 5.73 Å². The van der Waals surface area contributed by atoms with Gasteiger partial charge >= 0.3 is 0 Å². The van der Waals surface area contributed by atoms with Crippen LogP contribution in [0.15, 0.2) is 36.7 Å². The van der Waals surface area contributed by atoms with Gasteiger partial charge in [-0.25, -0.2) is 9.97 Å². The molecule has 0 fully saturated rings. The fourth-order valence-electron chi connectivity index (χ4n) is 1.23. The number of carbonyl (C=O) groups excluding carboxylic acids is 1. The number of ether oxygens (including phenoxy) is 1. The van der Waals surface area contributed by atoms with E-state index in [2.05, 4.69) is 9.97 Å². The van der Waals surface area contributed by atoms with Crippen molar-refractivity contribution in [2.45, 2.75) is 0 Å². The quantitative estimate of drug-likeness (QED) is 0.823. The van der Waals surface area contributed by atoms with Crippen LogP contribution in [0.5, 0.6) is 17.4 Å². The molecule has 6 nitrogen and oxygen atoms in total. The molecule has 0 spiro atoms. The number of amides is 1. The van der Waals surface area contributed by atoms with Crippen molar-refractivity contribution in [3.8, 4) is 17.4 Å². The van der Waals surface area contributed by atoms with E-state index in [1.54, 1.807) is 12.1 Å². The van der Waals surface area contributed by atoms with Gasteiger partial charge in [0.25, 0.3) is 11.8 Å². The van der Waals surface area contributed by atoms with E-state index in [0.29, 0.717) is 5.75 Å². The lowest BCUT2D eigenvalue weighted by molar-refractivity contribution is 0.0992. The average Bonchev–Trinajstić information content (AvgIpc) is 2.29. The number of nitrogens with two attached hydrogens (primary N) is 1. The van der Waals surface area contributed by atoms with Crippen molar-refractivity contribution in [1.29, 1.82) is 0 Å². The highest BCUT2D eigenvalue weighted by molar-refractivity contribution is 5.92. The second-order valence-electron chi connectivity index (χ2n) is 3.17. The van der Waals surface area contributed by atoms with E-state index in [1.807, 2.05) is 0 Å². The molecule has 0 unspecified atom stereocenters. The molecule has 3 N–H and O–H groups in total. The fourth-order valence-corrected chi connectivity index (χ4v) is 1.23. The minimum Gasteiger partial charge on any atom is -0.508 e. The summed E-state index contributed by atoms with van der Waals surface area (Å²) >= 11 is 0. The van der Waals surface area contributed by atoms with E-state index in [1.165, 1.54) is 24.5 Å². The monoisotopic (exact) mass is 231 g/mol. The largest absolute Gasteiger partial charge is 0.508 e. The summed E-state index contributed by atoms with van der Waals surface area (Å²) in [5.74, 6) is -0.334. The summed E-state index contributed by atoms with van der Waals surface area (Å²) in [6, 6.07) is 6.10. The molecule has 1 amide bonds. The van der Waals surface area contributed by atoms with Gasteiger partial charge in [-0.1, -0.05) is 6.07 Å². The van der Waals surface area contributed by atoms with Gasteiger partial charge in [0.2, 0.25) is 0 Å². The molecule has 2 rings (SSSR count). The molecule has 0 saturated heterocycles. The summed E-state index contributed by atoms with van der Waals surface area (Å²) in [5, 5.41) is 9.26. The highest BCUT2D eigenvalue weighted by Gasteiger charge is 2.12. The van der Waals surface area contributed by atoms with Crippen LogP contribution in [0.4, 0.5) is 0 Å². The number of nitrogens with zero attached hydrogens (tertiary/aromatic N) is 2. The van der Waals surface area contributed by atoms with Crippen molar-refractivity contribution >= 4 is 5.91 Å². The van der Waals surface area contributed by atoms with Crippen molar-refractivity contribution in [3.63, 3.8) is 0 Å². The first-order chi connectivity index (χ1) is 8.16. The molecule has 0 aliphatic carbocycles. The highest BCUT2D eigenvalue weighted by atomic mass is 16.5. The molecule has 2 aromatic rings. The zero-order chi connectivity index (χ0) is 12.3. The molecule has 0 radical (unpaired) electrons. The lowest BCUT2D eigenvalue weighted by atomic mass is 10.3. The zero-order valence-electron chi connectivity index (χ0n) is 8.70. The van der Waals surface area contributed by atoms with E-state index in [9.17, 15) is 9.90 Å². The van der Waals surface area contributed by atoms with Crippen LogP contribution in [-0.4, -0.2) is 21.0 Å². The third-order valence-corrected chi connectivity index (χ3v) is 1.93. The number of benzene rings is 1. The molecule has 1 aromatic heterocycles. The lowest BCUT2D eigenvalue weighted by Crippen LogP contribution is -2.14. The van der Waals surface area contributed by atoms with E-state index in [4.69, 9.17) is 10.5 Å². The third kappa shape index (κ3) is 2.49. The Bertz CT molecular complexity index is 557. The Morgan fingerprint density at radius 3 is 2.76 bits per heavy atom. The van der Waals surface area contributed by atoms with Gasteiger partial charge < -0.3 is 15.6 Å². The number of hydrogen-bond donors (Lipinski definition) is 2. The topological polar surface area (TPSA) is 98.3 Å². The molecule has 1 aromatic carbocycles. The van der Waals surface area contributed by atoms with E-state index >= 15 is 0 Å². The second kappa shape index (κ2) is 4.48. The third-order valence-electron chi connectivity index (χ3n) is 1.93. The number of primary amides is 1. The van der Waals surface area contributed by atoms with E-state index in [-0.39, 0.29) is 17.3 Å². The summed E-state index contributed by atoms with van der Waals surface area (Å²) in [6.07, 6.45) is 2.72. The first-order valence-corrected chi connectivity index (χ1v) is 4.74. The summed E-state index contributed by atoms with van der Waals surface area (Å²) in [5.41, 5.74) is 5.07. The SMILES string of the molecule is NC(=O)c1nccnc1Oc1cccc(O)c1. The van der Waals surface area contributed by atoms with Crippen molar-refractivity contribution in [3.05, 3.63) is 42.4 Å². The second-order valence-corrected chi connectivity index (χ2v) is 3.17. The van der Waals surface area contributed by atoms with Crippen LogP contribution < -0.4 is 10.5 Å². The molecular weight excluding hydrogens is 222 g/mol. The predicted octanol–water partition coefficient (Wildman–Crippen LogP) is 1.07. The summed E-state index contributed by atoms with van der Waals surface area (Å²) in [6.45, 7) is 0. The van der Waals surface area contributed by atoms with Crippen LogP contribution in [0, 0.1) is 0 Å². The molecule has 1 heterocycles. The summed E-state index contributed by atoms with van der Waals surface area (Å²) in [7, 11) is 0. The maximum atomic E-state index is 11.1. The number of hydrogen-bond acceptors (Lipinski definition) is 5. The van der Waals surface area contributed by atoms with Crippen molar-refractivity contribution in [2.75, 3.05) is 0 Å². The smallest absolute Gasteiger partial charge is 0.272 e. The van der Waals surface area contributed by atoms with Gasteiger partial charge in [-0.15, -0.1) is 0 Å². The Kier molecular flexibility index (Phi) is 2.87. The van der Waals surface area contributed by atoms with Crippen LogP contribution in [0.1, 0.15) is 10.5 Å². The Labute approximate surface area is 96.7 Å². The minimum atomic E-state index is -0.728. The minimum absolute atomic E-state index is 0.00519. The van der Waals surface area contributed by atoms with Crippen molar-refractivity contribution in [1.82, 2.24) is 9.97 Å². The Morgan fingerprint density at radius 1 is 1.29 bits per heavy atom. The van der Waals surface area contributed by atoms with Crippen LogP contribution >= 0.6 is 0 Å². The van der Waals surface area contributed by atoms with Gasteiger partial charge in [-0.2, -0.15) is 0 Å². The fraction of sp³-hybridized carbons (Fsp3) is 0. The first kappa shape index (κ1) is 10.9. The summed E-state index contributed by atoms with van der Waals surface area (Å²) < 4.78 is 5.32. The Hall–Kier alpha value is -2.63. The number of carbonyl (C=O) groups is 1. The molecule has 17 heavy (non-hydrogen) atoms. The molecule has 0 atom stereocenters. The number of aromatic hydroxyl groups is 1. The number of phenols is 1. The van der Waals surface area contributed by atoms with Gasteiger partial charge in [0.05, 0.1) is 0 Å². The maximum absolute atomic E-state index is 11.1. The first-order valence-electron chi connectivity index (χ1n) is 4.74. The molecule has 0 aliphatic heterocycles. The van der Waals surface area contributed by atoms with Crippen molar-refractivity contribution < 1.29 is 14.6 Å². The van der Waals surface area contributed by atoms with E-state index in [0.717, 1.165) is 0 Å². The Balaban J connectivity index is 2.33. The molecule has 0 aliphatic rings. The normalized spacial score (nSPS) is 9.88. The molecule has 86 valence electrons. The van der Waals surface area contributed by atoms with Gasteiger partial charge in [0.1, 0.15) is 11.5 Å². The molecule has 6 heteroatoms. The van der Waals surface area contributed by atoms with Crippen LogP contribution in [-0.2, 0) is 0 Å². The van der Waals surface area contributed by atoms with Gasteiger partial charge in [-0.3, -0.25) is 4.79 Å². The lowest BCUT2D eigenvalue weighted by Gasteiger charge is -2.06. The zero-order valence-corrected chi connectivity index (χ0v) is 8.70. The number of aromatic nitrogens is 2. The molecule has 0 saturated carbocycles. The van der Waals surface area contributed by atoms with Crippen LogP contribution in [0.2, 0.25) is 0 Å². The highest BCUT2D eigenvalue weighted by Crippen LogP contribution is 2.24. The number of phenolic OH excluding ortho intramolecular Hbond substituents is 1.